The molecular weight excluding hydrogens is 440 g/mol. The van der Waals surface area contributed by atoms with Crippen LogP contribution in [-0.2, 0) is 6.54 Å². The van der Waals surface area contributed by atoms with E-state index in [1.54, 1.807) is 0 Å². The Hall–Kier alpha value is -2.67. The van der Waals surface area contributed by atoms with Crippen molar-refractivity contribution in [2.24, 2.45) is 0 Å². The van der Waals surface area contributed by atoms with Gasteiger partial charge in [0.1, 0.15) is 11.6 Å². The Kier molecular flexibility index (Phi) is 6.69. The van der Waals surface area contributed by atoms with Crippen LogP contribution in [0.3, 0.4) is 0 Å². The lowest BCUT2D eigenvalue weighted by molar-refractivity contribution is 0.0946. The van der Waals surface area contributed by atoms with Crippen molar-refractivity contribution in [1.82, 2.24) is 10.3 Å². The third-order valence-electron chi connectivity index (χ3n) is 3.89. The molecule has 0 aliphatic heterocycles. The van der Waals surface area contributed by atoms with E-state index in [1.165, 1.54) is 18.3 Å². The molecule has 0 aliphatic carbocycles. The number of anilines is 1. The van der Waals surface area contributed by atoms with Crippen LogP contribution in [0.4, 0.5) is 10.2 Å². The van der Waals surface area contributed by atoms with E-state index in [0.717, 1.165) is 11.6 Å². The van der Waals surface area contributed by atoms with Crippen LogP contribution in [-0.4, -0.2) is 16.8 Å². The summed E-state index contributed by atoms with van der Waals surface area (Å²) in [5, 5.41) is 4.91. The highest BCUT2D eigenvalue weighted by Crippen LogP contribution is 2.31. The lowest BCUT2D eigenvalue weighted by Gasteiger charge is -2.12. The van der Waals surface area contributed by atoms with Gasteiger partial charge in [0.2, 0.25) is 0 Å². The van der Waals surface area contributed by atoms with Crippen LogP contribution < -0.4 is 10.6 Å². The number of nitrogens with one attached hydrogen (secondary N) is 2. The van der Waals surface area contributed by atoms with Crippen LogP contribution in [0.25, 0.3) is 0 Å². The minimum atomic E-state index is -1.09. The highest BCUT2D eigenvalue weighted by Gasteiger charge is 2.25. The maximum Gasteiger partial charge on any atom is 0.261 e. The van der Waals surface area contributed by atoms with Crippen molar-refractivity contribution < 1.29 is 14.0 Å². The van der Waals surface area contributed by atoms with Crippen molar-refractivity contribution in [2.45, 2.75) is 6.54 Å². The molecular formula is C20H13Cl3FN3O2. The number of carbonyl (C=O) groups is 2. The van der Waals surface area contributed by atoms with Crippen molar-refractivity contribution in [3.8, 4) is 0 Å². The van der Waals surface area contributed by atoms with Crippen LogP contribution >= 0.6 is 34.8 Å². The number of rotatable bonds is 5. The molecule has 0 radical (unpaired) electrons. The molecule has 29 heavy (non-hydrogen) atoms. The van der Waals surface area contributed by atoms with Gasteiger partial charge in [-0.3, -0.25) is 9.59 Å². The monoisotopic (exact) mass is 451 g/mol. The molecule has 0 saturated heterocycles. The van der Waals surface area contributed by atoms with Gasteiger partial charge in [0.05, 0.1) is 26.2 Å². The molecule has 0 unspecified atom stereocenters. The molecule has 0 fully saturated rings. The Morgan fingerprint density at radius 2 is 1.72 bits per heavy atom. The standard InChI is InChI=1S/C20H13Cl3FN3O2/c21-12-6-7-15(25-10-12)27-20(29)16-17(23)14(22)8-13(18(16)24)19(28)26-9-11-4-2-1-3-5-11/h1-8,10H,9H2,(H,26,28)(H,25,27,29). The molecule has 9 heteroatoms. The van der Waals surface area contributed by atoms with E-state index in [-0.39, 0.29) is 22.4 Å². The number of hydrogen-bond acceptors (Lipinski definition) is 3. The first-order chi connectivity index (χ1) is 13.9. The van der Waals surface area contributed by atoms with Gasteiger partial charge in [0.15, 0.2) is 0 Å². The second-order valence-corrected chi connectivity index (χ2v) is 7.11. The van der Waals surface area contributed by atoms with Gasteiger partial charge in [-0.15, -0.1) is 0 Å². The fourth-order valence-electron chi connectivity index (χ4n) is 2.47. The summed E-state index contributed by atoms with van der Waals surface area (Å²) < 4.78 is 15.0. The Morgan fingerprint density at radius 3 is 2.38 bits per heavy atom. The molecule has 0 atom stereocenters. The molecule has 2 amide bonds. The normalized spacial score (nSPS) is 10.5. The first-order valence-corrected chi connectivity index (χ1v) is 9.42. The first kappa shape index (κ1) is 21.0. The molecule has 2 N–H and O–H groups in total. The van der Waals surface area contributed by atoms with Crippen molar-refractivity contribution in [2.75, 3.05) is 5.32 Å². The third kappa shape index (κ3) is 5.03. The summed E-state index contributed by atoms with van der Waals surface area (Å²) in [4.78, 5) is 28.9. The van der Waals surface area contributed by atoms with Gasteiger partial charge in [0, 0.05) is 12.7 Å². The van der Waals surface area contributed by atoms with E-state index in [0.29, 0.717) is 5.02 Å². The van der Waals surface area contributed by atoms with E-state index in [1.807, 2.05) is 30.3 Å². The molecule has 2 aromatic carbocycles. The predicted molar refractivity (Wildman–Crippen MR) is 111 cm³/mol. The van der Waals surface area contributed by atoms with Crippen molar-refractivity contribution in [1.29, 1.82) is 0 Å². The Bertz CT molecular complexity index is 1060. The number of amides is 2. The highest BCUT2D eigenvalue weighted by molar-refractivity contribution is 6.44. The lowest BCUT2D eigenvalue weighted by Crippen LogP contribution is -2.25. The summed E-state index contributed by atoms with van der Waals surface area (Å²) in [5.41, 5.74) is -0.126. The van der Waals surface area contributed by atoms with Crippen molar-refractivity contribution in [3.05, 3.63) is 92.3 Å². The molecule has 0 bridgehead atoms. The molecule has 1 heterocycles. The molecule has 3 aromatic rings. The SMILES string of the molecule is O=C(NCc1ccccc1)c1cc(Cl)c(Cl)c(C(=O)Nc2ccc(Cl)cn2)c1F. The summed E-state index contributed by atoms with van der Waals surface area (Å²) in [6, 6.07) is 13.1. The maximum atomic E-state index is 15.0. The van der Waals surface area contributed by atoms with Crippen LogP contribution in [0.15, 0.2) is 54.7 Å². The molecule has 0 saturated carbocycles. The zero-order chi connectivity index (χ0) is 21.0. The average molecular weight is 453 g/mol. The minimum absolute atomic E-state index is 0.130. The Labute approximate surface area is 180 Å². The van der Waals surface area contributed by atoms with Crippen LogP contribution in [0.5, 0.6) is 0 Å². The van der Waals surface area contributed by atoms with Crippen molar-refractivity contribution >= 4 is 52.4 Å². The van der Waals surface area contributed by atoms with Crippen molar-refractivity contribution in [3.63, 3.8) is 0 Å². The average Bonchev–Trinajstić information content (AvgIpc) is 2.71. The smallest absolute Gasteiger partial charge is 0.261 e. The second kappa shape index (κ2) is 9.22. The van der Waals surface area contributed by atoms with Gasteiger partial charge < -0.3 is 10.6 Å². The van der Waals surface area contributed by atoms with Gasteiger partial charge >= 0.3 is 0 Å². The predicted octanol–water partition coefficient (Wildman–Crippen LogP) is 5.36. The molecule has 0 aliphatic rings. The maximum absolute atomic E-state index is 15.0. The van der Waals surface area contributed by atoms with Gasteiger partial charge in [0.25, 0.3) is 11.8 Å². The fraction of sp³-hybridized carbons (Fsp3) is 0.0500. The summed E-state index contributed by atoms with van der Waals surface area (Å²) in [6.07, 6.45) is 1.32. The Balaban J connectivity index is 1.86. The van der Waals surface area contributed by atoms with Gasteiger partial charge in [-0.2, -0.15) is 0 Å². The molecule has 148 valence electrons. The molecule has 0 spiro atoms. The topological polar surface area (TPSA) is 71.1 Å². The second-order valence-electron chi connectivity index (χ2n) is 5.89. The number of benzene rings is 2. The first-order valence-electron chi connectivity index (χ1n) is 8.29. The summed E-state index contributed by atoms with van der Waals surface area (Å²) in [7, 11) is 0. The van der Waals surface area contributed by atoms with Crippen LogP contribution in [0, 0.1) is 5.82 Å². The number of carbonyl (C=O) groups excluding carboxylic acids is 2. The van der Waals surface area contributed by atoms with E-state index >= 15 is 4.39 Å². The molecule has 3 rings (SSSR count). The zero-order valence-corrected chi connectivity index (χ0v) is 16.9. The quantitative estimate of drug-likeness (QED) is 0.512. The van der Waals surface area contributed by atoms with E-state index < -0.39 is 28.8 Å². The zero-order valence-electron chi connectivity index (χ0n) is 14.7. The summed E-state index contributed by atoms with van der Waals surface area (Å²) in [6.45, 7) is 0.176. The third-order valence-corrected chi connectivity index (χ3v) is 4.90. The number of halogens is 4. The van der Waals surface area contributed by atoms with Crippen LogP contribution in [0.1, 0.15) is 26.3 Å². The lowest BCUT2D eigenvalue weighted by atomic mass is 10.1. The summed E-state index contributed by atoms with van der Waals surface area (Å²) >= 11 is 17.8. The highest BCUT2D eigenvalue weighted by atomic mass is 35.5. The van der Waals surface area contributed by atoms with Gasteiger partial charge in [-0.25, -0.2) is 9.37 Å². The molecule has 5 nitrogen and oxygen atoms in total. The van der Waals surface area contributed by atoms with Crippen LogP contribution in [0.2, 0.25) is 15.1 Å². The number of aromatic nitrogens is 1. The Morgan fingerprint density at radius 1 is 1.00 bits per heavy atom. The van der Waals surface area contributed by atoms with Gasteiger partial charge in [-0.05, 0) is 23.8 Å². The van der Waals surface area contributed by atoms with E-state index in [2.05, 4.69) is 15.6 Å². The largest absolute Gasteiger partial charge is 0.348 e. The molecule has 1 aromatic heterocycles. The fourth-order valence-corrected chi connectivity index (χ4v) is 3.01. The number of nitrogens with zero attached hydrogens (tertiary/aromatic N) is 1. The van der Waals surface area contributed by atoms with Gasteiger partial charge in [-0.1, -0.05) is 65.1 Å². The van der Waals surface area contributed by atoms with E-state index in [4.69, 9.17) is 34.8 Å². The number of hydrogen-bond donors (Lipinski definition) is 2. The minimum Gasteiger partial charge on any atom is -0.348 e. The van der Waals surface area contributed by atoms with E-state index in [9.17, 15) is 9.59 Å². The number of pyridine rings is 1. The summed E-state index contributed by atoms with van der Waals surface area (Å²) in [5.74, 6) is -2.59.